The van der Waals surface area contributed by atoms with Crippen LogP contribution in [0.4, 0.5) is 5.69 Å². The zero-order valence-electron chi connectivity index (χ0n) is 10.7. The summed E-state index contributed by atoms with van der Waals surface area (Å²) in [5, 5.41) is 9.26. The maximum Gasteiger partial charge on any atom is 0.336 e. The second-order valence-electron chi connectivity index (χ2n) is 5.64. The minimum absolute atomic E-state index is 0.490. The van der Waals surface area contributed by atoms with Crippen LogP contribution in [0, 0.1) is 5.92 Å². The van der Waals surface area contributed by atoms with E-state index in [1.54, 1.807) is 6.07 Å². The van der Waals surface area contributed by atoms with Crippen molar-refractivity contribution in [1.29, 1.82) is 0 Å². The van der Waals surface area contributed by atoms with Gasteiger partial charge in [0.2, 0.25) is 0 Å². The van der Waals surface area contributed by atoms with Crippen molar-refractivity contribution in [2.24, 2.45) is 5.92 Å². The monoisotopic (exact) mass is 245 g/mol. The van der Waals surface area contributed by atoms with Crippen LogP contribution >= 0.6 is 0 Å². The molecule has 1 aromatic carbocycles. The highest BCUT2D eigenvalue weighted by Gasteiger charge is 2.33. The standard InChI is InChI=1S/C15H19NO2/c1-10-8-11(9-10)16-7-3-5-12-13(15(17)18)4-2-6-14(12)16/h2,4,6,10-11H,3,5,7-9H2,1H3,(H,17,18). The van der Waals surface area contributed by atoms with Gasteiger partial charge in [-0.1, -0.05) is 13.0 Å². The molecule has 0 bridgehead atoms. The van der Waals surface area contributed by atoms with Gasteiger partial charge < -0.3 is 10.0 Å². The van der Waals surface area contributed by atoms with Crippen molar-refractivity contribution < 1.29 is 9.90 Å². The highest BCUT2D eigenvalue weighted by molar-refractivity contribution is 5.91. The largest absolute Gasteiger partial charge is 0.478 e. The van der Waals surface area contributed by atoms with Crippen molar-refractivity contribution in [3.8, 4) is 0 Å². The van der Waals surface area contributed by atoms with Crippen molar-refractivity contribution in [1.82, 2.24) is 0 Å². The molecule has 0 spiro atoms. The number of benzene rings is 1. The Hall–Kier alpha value is -1.51. The van der Waals surface area contributed by atoms with Gasteiger partial charge >= 0.3 is 5.97 Å². The first-order valence-electron chi connectivity index (χ1n) is 6.78. The van der Waals surface area contributed by atoms with Gasteiger partial charge in [-0.2, -0.15) is 0 Å². The molecular formula is C15H19NO2. The van der Waals surface area contributed by atoms with Crippen molar-refractivity contribution in [2.45, 2.75) is 38.6 Å². The summed E-state index contributed by atoms with van der Waals surface area (Å²) >= 11 is 0. The molecule has 1 aromatic rings. The number of hydrogen-bond acceptors (Lipinski definition) is 2. The summed E-state index contributed by atoms with van der Waals surface area (Å²) in [6.45, 7) is 3.36. The molecule has 0 amide bonds. The van der Waals surface area contributed by atoms with Gasteiger partial charge in [0, 0.05) is 18.3 Å². The van der Waals surface area contributed by atoms with Crippen LogP contribution in [-0.4, -0.2) is 23.7 Å². The summed E-state index contributed by atoms with van der Waals surface area (Å²) in [5.74, 6) is 0.0266. The lowest BCUT2D eigenvalue weighted by atomic mass is 9.79. The molecule has 1 fully saturated rings. The molecule has 1 aliphatic heterocycles. The molecule has 1 heterocycles. The van der Waals surface area contributed by atoms with Crippen LogP contribution in [-0.2, 0) is 6.42 Å². The average molecular weight is 245 g/mol. The number of anilines is 1. The molecule has 1 aliphatic carbocycles. The molecule has 0 atom stereocenters. The molecule has 18 heavy (non-hydrogen) atoms. The van der Waals surface area contributed by atoms with Crippen molar-refractivity contribution in [2.75, 3.05) is 11.4 Å². The number of hydrogen-bond donors (Lipinski definition) is 1. The molecule has 3 heteroatoms. The number of aromatic carboxylic acids is 1. The first kappa shape index (κ1) is 11.6. The number of nitrogens with zero attached hydrogens (tertiary/aromatic N) is 1. The van der Waals surface area contributed by atoms with E-state index in [0.717, 1.165) is 36.6 Å². The summed E-state index contributed by atoms with van der Waals surface area (Å²) in [4.78, 5) is 13.7. The SMILES string of the molecule is CC1CC(N2CCCc3c(C(=O)O)cccc32)C1. The lowest BCUT2D eigenvalue weighted by Crippen LogP contribution is -2.46. The van der Waals surface area contributed by atoms with E-state index in [2.05, 4.69) is 17.9 Å². The maximum atomic E-state index is 11.3. The quantitative estimate of drug-likeness (QED) is 0.871. The predicted octanol–water partition coefficient (Wildman–Crippen LogP) is 2.94. The third kappa shape index (κ3) is 1.78. The van der Waals surface area contributed by atoms with Crippen LogP contribution in [0.3, 0.4) is 0 Å². The van der Waals surface area contributed by atoms with E-state index in [9.17, 15) is 9.90 Å². The van der Waals surface area contributed by atoms with E-state index >= 15 is 0 Å². The molecule has 3 nitrogen and oxygen atoms in total. The number of rotatable bonds is 2. The van der Waals surface area contributed by atoms with E-state index in [1.165, 1.54) is 12.8 Å². The van der Waals surface area contributed by atoms with Gasteiger partial charge in [-0.25, -0.2) is 4.79 Å². The summed E-state index contributed by atoms with van der Waals surface area (Å²) < 4.78 is 0. The Kier molecular flexibility index (Phi) is 2.77. The van der Waals surface area contributed by atoms with E-state index in [0.29, 0.717) is 11.6 Å². The van der Waals surface area contributed by atoms with Crippen molar-refractivity contribution in [3.05, 3.63) is 29.3 Å². The van der Waals surface area contributed by atoms with Gasteiger partial charge in [-0.3, -0.25) is 0 Å². The first-order valence-corrected chi connectivity index (χ1v) is 6.78. The molecule has 0 aromatic heterocycles. The highest BCUT2D eigenvalue weighted by Crippen LogP contribution is 2.38. The normalized spacial score (nSPS) is 26.4. The zero-order chi connectivity index (χ0) is 12.7. The van der Waals surface area contributed by atoms with Gasteiger partial charge in [-0.15, -0.1) is 0 Å². The Morgan fingerprint density at radius 3 is 2.83 bits per heavy atom. The van der Waals surface area contributed by atoms with Crippen LogP contribution in [0.1, 0.15) is 42.1 Å². The van der Waals surface area contributed by atoms with Gasteiger partial charge in [0.15, 0.2) is 0 Å². The van der Waals surface area contributed by atoms with Gasteiger partial charge in [0.25, 0.3) is 0 Å². The van der Waals surface area contributed by atoms with Gasteiger partial charge in [0.05, 0.1) is 5.56 Å². The van der Waals surface area contributed by atoms with E-state index < -0.39 is 5.97 Å². The highest BCUT2D eigenvalue weighted by atomic mass is 16.4. The molecule has 0 radical (unpaired) electrons. The van der Waals surface area contributed by atoms with Crippen LogP contribution in [0.2, 0.25) is 0 Å². The van der Waals surface area contributed by atoms with E-state index in [1.807, 2.05) is 6.07 Å². The van der Waals surface area contributed by atoms with Gasteiger partial charge in [0.1, 0.15) is 0 Å². The molecule has 0 unspecified atom stereocenters. The third-order valence-corrected chi connectivity index (χ3v) is 4.31. The summed E-state index contributed by atoms with van der Waals surface area (Å²) in [7, 11) is 0. The zero-order valence-corrected chi connectivity index (χ0v) is 10.7. The first-order chi connectivity index (χ1) is 8.66. The fourth-order valence-corrected chi connectivity index (χ4v) is 3.35. The Bertz CT molecular complexity index is 477. The minimum Gasteiger partial charge on any atom is -0.478 e. The van der Waals surface area contributed by atoms with Crippen LogP contribution in [0.15, 0.2) is 18.2 Å². The lowest BCUT2D eigenvalue weighted by molar-refractivity contribution is 0.0695. The average Bonchev–Trinajstić information content (AvgIpc) is 2.33. The second-order valence-corrected chi connectivity index (χ2v) is 5.64. The van der Waals surface area contributed by atoms with Crippen LogP contribution < -0.4 is 4.90 Å². The Labute approximate surface area is 107 Å². The van der Waals surface area contributed by atoms with Crippen LogP contribution in [0.25, 0.3) is 0 Å². The summed E-state index contributed by atoms with van der Waals surface area (Å²) in [5.41, 5.74) is 2.69. The second kappa shape index (κ2) is 4.30. The molecule has 3 rings (SSSR count). The van der Waals surface area contributed by atoms with Gasteiger partial charge in [-0.05, 0) is 49.3 Å². The molecule has 0 saturated heterocycles. The molecule has 2 aliphatic rings. The number of carbonyl (C=O) groups is 1. The van der Waals surface area contributed by atoms with E-state index in [-0.39, 0.29) is 0 Å². The number of fused-ring (bicyclic) bond motifs is 1. The summed E-state index contributed by atoms with van der Waals surface area (Å²) in [6, 6.07) is 6.32. The number of carboxylic acid groups (broad SMARTS) is 1. The molecule has 1 N–H and O–H groups in total. The smallest absolute Gasteiger partial charge is 0.336 e. The lowest BCUT2D eigenvalue weighted by Gasteiger charge is -2.45. The summed E-state index contributed by atoms with van der Waals surface area (Å²) in [6.07, 6.45) is 4.46. The maximum absolute atomic E-state index is 11.3. The number of carboxylic acids is 1. The fourth-order valence-electron chi connectivity index (χ4n) is 3.35. The Morgan fingerprint density at radius 2 is 2.17 bits per heavy atom. The van der Waals surface area contributed by atoms with Crippen molar-refractivity contribution in [3.63, 3.8) is 0 Å². The van der Waals surface area contributed by atoms with Crippen LogP contribution in [0.5, 0.6) is 0 Å². The minimum atomic E-state index is -0.796. The fraction of sp³-hybridized carbons (Fsp3) is 0.533. The van der Waals surface area contributed by atoms with E-state index in [4.69, 9.17) is 0 Å². The predicted molar refractivity (Wildman–Crippen MR) is 71.3 cm³/mol. The topological polar surface area (TPSA) is 40.5 Å². The third-order valence-electron chi connectivity index (χ3n) is 4.31. The molecule has 1 saturated carbocycles. The Morgan fingerprint density at radius 1 is 1.39 bits per heavy atom. The molecular weight excluding hydrogens is 226 g/mol. The Balaban J connectivity index is 1.96. The van der Waals surface area contributed by atoms with Crippen molar-refractivity contribution >= 4 is 11.7 Å². The molecule has 96 valence electrons.